The van der Waals surface area contributed by atoms with Gasteiger partial charge in [-0.15, -0.1) is 0 Å². The molecule has 5 rings (SSSR count). The van der Waals surface area contributed by atoms with E-state index in [1.807, 2.05) is 0 Å². The minimum absolute atomic E-state index is 1.19. The molecule has 0 atom stereocenters. The molecule has 0 aliphatic carbocycles. The van der Waals surface area contributed by atoms with E-state index in [1.165, 1.54) is 43.7 Å². The zero-order valence-electron chi connectivity index (χ0n) is 12.6. The predicted octanol–water partition coefficient (Wildman–Crippen LogP) is 6.14. The van der Waals surface area contributed by atoms with Gasteiger partial charge in [0.2, 0.25) is 0 Å². The van der Waals surface area contributed by atoms with Crippen LogP contribution in [0.15, 0.2) is 84.9 Å². The third-order valence-electron chi connectivity index (χ3n) is 4.60. The molecule has 108 valence electrons. The summed E-state index contributed by atoms with van der Waals surface area (Å²) < 4.78 is 0. The van der Waals surface area contributed by atoms with Crippen LogP contribution < -0.4 is 0 Å². The van der Waals surface area contributed by atoms with Crippen molar-refractivity contribution in [2.75, 3.05) is 0 Å². The lowest BCUT2D eigenvalue weighted by Gasteiger charge is -2.09. The van der Waals surface area contributed by atoms with Crippen LogP contribution in [0.3, 0.4) is 0 Å². The second-order valence-corrected chi connectivity index (χ2v) is 5.93. The Labute approximate surface area is 134 Å². The SMILES string of the molecule is c1ccc(-c2cc3[nH]c4ccccc4c3c3ccccc23)cc1. The molecule has 0 unspecified atom stereocenters. The number of rotatable bonds is 1. The van der Waals surface area contributed by atoms with Crippen molar-refractivity contribution in [3.05, 3.63) is 84.9 Å². The second-order valence-electron chi connectivity index (χ2n) is 5.93. The van der Waals surface area contributed by atoms with Crippen molar-refractivity contribution in [1.29, 1.82) is 0 Å². The summed E-state index contributed by atoms with van der Waals surface area (Å²) in [5.74, 6) is 0. The number of benzene rings is 4. The van der Waals surface area contributed by atoms with E-state index in [-0.39, 0.29) is 0 Å². The van der Waals surface area contributed by atoms with E-state index in [0.717, 1.165) is 0 Å². The largest absolute Gasteiger partial charge is 0.354 e. The van der Waals surface area contributed by atoms with Crippen LogP contribution in [-0.2, 0) is 0 Å². The smallest absolute Gasteiger partial charge is 0.0477 e. The van der Waals surface area contributed by atoms with Crippen molar-refractivity contribution in [2.24, 2.45) is 0 Å². The molecule has 0 saturated heterocycles. The summed E-state index contributed by atoms with van der Waals surface area (Å²) in [6.45, 7) is 0. The molecule has 0 saturated carbocycles. The highest BCUT2D eigenvalue weighted by atomic mass is 14.7. The topological polar surface area (TPSA) is 15.8 Å². The van der Waals surface area contributed by atoms with Gasteiger partial charge in [-0.3, -0.25) is 0 Å². The zero-order valence-corrected chi connectivity index (χ0v) is 12.6. The van der Waals surface area contributed by atoms with E-state index >= 15 is 0 Å². The molecule has 0 spiro atoms. The Morgan fingerprint density at radius 2 is 1.17 bits per heavy atom. The maximum absolute atomic E-state index is 3.58. The van der Waals surface area contributed by atoms with Crippen LogP contribution in [-0.4, -0.2) is 4.98 Å². The fraction of sp³-hybridized carbons (Fsp3) is 0. The average Bonchev–Trinajstić information content (AvgIpc) is 3.00. The summed E-state index contributed by atoms with van der Waals surface area (Å²) in [5, 5.41) is 5.21. The molecule has 1 heteroatoms. The van der Waals surface area contributed by atoms with Gasteiger partial charge in [0.15, 0.2) is 0 Å². The van der Waals surface area contributed by atoms with E-state index in [1.54, 1.807) is 0 Å². The summed E-state index contributed by atoms with van der Waals surface area (Å²) in [4.78, 5) is 3.58. The van der Waals surface area contributed by atoms with E-state index in [0.29, 0.717) is 0 Å². The van der Waals surface area contributed by atoms with Gasteiger partial charge in [-0.25, -0.2) is 0 Å². The minimum atomic E-state index is 1.19. The van der Waals surface area contributed by atoms with Crippen LogP contribution in [0.5, 0.6) is 0 Å². The van der Waals surface area contributed by atoms with Crippen LogP contribution in [0.4, 0.5) is 0 Å². The van der Waals surface area contributed by atoms with Crippen molar-refractivity contribution < 1.29 is 0 Å². The molecule has 0 aliphatic rings. The lowest BCUT2D eigenvalue weighted by Crippen LogP contribution is -1.83. The molecule has 0 aliphatic heterocycles. The van der Waals surface area contributed by atoms with Gasteiger partial charge in [0.1, 0.15) is 0 Å². The Morgan fingerprint density at radius 1 is 0.522 bits per heavy atom. The van der Waals surface area contributed by atoms with Crippen LogP contribution in [0.2, 0.25) is 0 Å². The number of aromatic amines is 1. The molecule has 0 fully saturated rings. The van der Waals surface area contributed by atoms with Crippen molar-refractivity contribution in [3.8, 4) is 11.1 Å². The van der Waals surface area contributed by atoms with Crippen LogP contribution >= 0.6 is 0 Å². The minimum Gasteiger partial charge on any atom is -0.354 e. The van der Waals surface area contributed by atoms with E-state index in [9.17, 15) is 0 Å². The first-order valence-electron chi connectivity index (χ1n) is 7.89. The molecule has 1 aromatic heterocycles. The van der Waals surface area contributed by atoms with Gasteiger partial charge in [0.25, 0.3) is 0 Å². The number of H-pyrrole nitrogens is 1. The van der Waals surface area contributed by atoms with Crippen molar-refractivity contribution >= 4 is 32.6 Å². The molecule has 0 bridgehead atoms. The molecule has 1 nitrogen and oxygen atoms in total. The molecular weight excluding hydrogens is 278 g/mol. The van der Waals surface area contributed by atoms with E-state index in [4.69, 9.17) is 0 Å². The van der Waals surface area contributed by atoms with Crippen LogP contribution in [0.1, 0.15) is 0 Å². The fourth-order valence-electron chi connectivity index (χ4n) is 3.58. The van der Waals surface area contributed by atoms with Crippen molar-refractivity contribution in [2.45, 2.75) is 0 Å². The lowest BCUT2D eigenvalue weighted by atomic mass is 9.95. The molecule has 4 aromatic carbocycles. The van der Waals surface area contributed by atoms with Crippen molar-refractivity contribution in [1.82, 2.24) is 4.98 Å². The lowest BCUT2D eigenvalue weighted by molar-refractivity contribution is 1.55. The number of hydrogen-bond acceptors (Lipinski definition) is 0. The zero-order chi connectivity index (χ0) is 15.2. The van der Waals surface area contributed by atoms with Gasteiger partial charge in [-0.2, -0.15) is 0 Å². The Bertz CT molecular complexity index is 1150. The monoisotopic (exact) mass is 293 g/mol. The molecular formula is C22H15N. The third-order valence-corrected chi connectivity index (χ3v) is 4.60. The first-order valence-corrected chi connectivity index (χ1v) is 7.89. The summed E-state index contributed by atoms with van der Waals surface area (Å²) in [7, 11) is 0. The quantitative estimate of drug-likeness (QED) is 0.382. The van der Waals surface area contributed by atoms with Crippen LogP contribution in [0.25, 0.3) is 43.7 Å². The fourth-order valence-corrected chi connectivity index (χ4v) is 3.58. The Morgan fingerprint density at radius 3 is 2.00 bits per heavy atom. The number of aromatic nitrogens is 1. The van der Waals surface area contributed by atoms with Gasteiger partial charge < -0.3 is 4.98 Å². The average molecular weight is 293 g/mol. The number of nitrogens with one attached hydrogen (secondary N) is 1. The van der Waals surface area contributed by atoms with Gasteiger partial charge in [0, 0.05) is 21.8 Å². The number of para-hydroxylation sites is 1. The van der Waals surface area contributed by atoms with Crippen LogP contribution in [0, 0.1) is 0 Å². The van der Waals surface area contributed by atoms with E-state index in [2.05, 4.69) is 89.9 Å². The Balaban J connectivity index is 2.02. The second kappa shape index (κ2) is 4.72. The first-order chi connectivity index (χ1) is 11.4. The summed E-state index contributed by atoms with van der Waals surface area (Å²) in [5.41, 5.74) is 4.92. The van der Waals surface area contributed by atoms with Gasteiger partial charge >= 0.3 is 0 Å². The summed E-state index contributed by atoms with van der Waals surface area (Å²) >= 11 is 0. The molecule has 5 aromatic rings. The third kappa shape index (κ3) is 1.80. The molecule has 0 radical (unpaired) electrons. The molecule has 0 amide bonds. The maximum Gasteiger partial charge on any atom is 0.0477 e. The van der Waals surface area contributed by atoms with Gasteiger partial charge in [0.05, 0.1) is 0 Å². The Kier molecular flexibility index (Phi) is 2.56. The predicted molar refractivity (Wildman–Crippen MR) is 98.7 cm³/mol. The Hall–Kier alpha value is -3.06. The molecule has 1 heterocycles. The van der Waals surface area contributed by atoms with Gasteiger partial charge in [-0.1, -0.05) is 72.8 Å². The molecule has 1 N–H and O–H groups in total. The molecule has 23 heavy (non-hydrogen) atoms. The highest BCUT2D eigenvalue weighted by Crippen LogP contribution is 2.38. The number of hydrogen-bond donors (Lipinski definition) is 1. The maximum atomic E-state index is 3.58. The highest BCUT2D eigenvalue weighted by Gasteiger charge is 2.12. The summed E-state index contributed by atoms with van der Waals surface area (Å²) in [6.07, 6.45) is 0. The highest BCUT2D eigenvalue weighted by molar-refractivity contribution is 6.23. The number of fused-ring (bicyclic) bond motifs is 5. The summed E-state index contributed by atoms with van der Waals surface area (Å²) in [6, 6.07) is 30.1. The normalized spacial score (nSPS) is 11.5. The first kappa shape index (κ1) is 12.5. The van der Waals surface area contributed by atoms with Gasteiger partial charge in [-0.05, 0) is 34.0 Å². The van der Waals surface area contributed by atoms with E-state index < -0.39 is 0 Å². The van der Waals surface area contributed by atoms with Crippen molar-refractivity contribution in [3.63, 3.8) is 0 Å². The standard InChI is InChI=1S/C22H15N/c1-2-8-15(9-3-1)19-14-21-22(17-11-5-4-10-16(17)19)18-12-6-7-13-20(18)23-21/h1-14,23H.